The number of hydrogen-bond donors (Lipinski definition) is 5. The van der Waals surface area contributed by atoms with Gasteiger partial charge in [0.2, 0.25) is 0 Å². The Morgan fingerprint density at radius 1 is 1.26 bits per heavy atom. The van der Waals surface area contributed by atoms with E-state index in [-0.39, 0.29) is 37.0 Å². The third-order valence-electron chi connectivity index (χ3n) is 6.46. The van der Waals surface area contributed by atoms with Crippen molar-refractivity contribution in [3.05, 3.63) is 12.7 Å². The first-order valence-electron chi connectivity index (χ1n) is 11.2. The van der Waals surface area contributed by atoms with Crippen LogP contribution in [0.15, 0.2) is 12.7 Å². The van der Waals surface area contributed by atoms with Crippen LogP contribution in [0.1, 0.15) is 31.9 Å². The Bertz CT molecular complexity index is 1070. The number of nitrogens with one attached hydrogen (secondary N) is 2. The molecule has 184 valence electrons. The maximum absolute atomic E-state index is 12.2. The summed E-state index contributed by atoms with van der Waals surface area (Å²) >= 11 is 1.84. The van der Waals surface area contributed by atoms with Crippen molar-refractivity contribution in [1.82, 2.24) is 30.2 Å². The first kappa shape index (κ1) is 23.1. The predicted octanol–water partition coefficient (Wildman–Crippen LogP) is -0.703. The molecule has 13 nitrogen and oxygen atoms in total. The number of urea groups is 1. The van der Waals surface area contributed by atoms with Gasteiger partial charge in [0.25, 0.3) is 0 Å². The van der Waals surface area contributed by atoms with Gasteiger partial charge in [-0.15, -0.1) is 0 Å². The summed E-state index contributed by atoms with van der Waals surface area (Å²) in [6, 6.07) is 0.237. The Labute approximate surface area is 198 Å². The van der Waals surface area contributed by atoms with Gasteiger partial charge in [-0.05, 0) is 12.8 Å². The molecule has 6 N–H and O–H groups in total. The van der Waals surface area contributed by atoms with Gasteiger partial charge in [-0.25, -0.2) is 19.7 Å². The van der Waals surface area contributed by atoms with E-state index in [1.54, 1.807) is 0 Å². The summed E-state index contributed by atoms with van der Waals surface area (Å²) < 4.78 is 12.5. The summed E-state index contributed by atoms with van der Waals surface area (Å²) in [4.78, 5) is 35.8. The lowest BCUT2D eigenvalue weighted by Crippen LogP contribution is -2.36. The Morgan fingerprint density at radius 3 is 2.97 bits per heavy atom. The summed E-state index contributed by atoms with van der Waals surface area (Å²) in [5, 5.41) is 27.1. The van der Waals surface area contributed by atoms with E-state index in [2.05, 4.69) is 25.6 Å². The van der Waals surface area contributed by atoms with Gasteiger partial charge in [0.15, 0.2) is 17.7 Å². The fourth-order valence-electron chi connectivity index (χ4n) is 4.66. The van der Waals surface area contributed by atoms with Gasteiger partial charge in [-0.3, -0.25) is 9.36 Å². The smallest absolute Gasteiger partial charge is 0.315 e. The topological polar surface area (TPSA) is 187 Å². The lowest BCUT2D eigenvalue weighted by Gasteiger charge is -2.17. The highest BCUT2D eigenvalue weighted by atomic mass is 32.2. The number of nitrogens with two attached hydrogens (primary N) is 1. The molecule has 3 fully saturated rings. The molecule has 0 aliphatic carbocycles. The number of amides is 2. The fraction of sp³-hybridized carbons (Fsp3) is 0.650. The maximum atomic E-state index is 12.2. The van der Waals surface area contributed by atoms with Crippen molar-refractivity contribution in [1.29, 1.82) is 0 Å². The zero-order valence-corrected chi connectivity index (χ0v) is 19.1. The number of nitrogen functional groups attached to an aromatic ring is 1. The number of ether oxygens (including phenoxy) is 2. The molecule has 0 aromatic carbocycles. The number of carbonyl (C=O) groups excluding carboxylic acids is 2. The molecule has 0 saturated carbocycles. The van der Waals surface area contributed by atoms with E-state index in [1.165, 1.54) is 17.2 Å². The number of esters is 1. The number of carbonyl (C=O) groups is 2. The molecule has 2 aromatic rings. The number of hydrogen-bond acceptors (Lipinski definition) is 11. The van der Waals surface area contributed by atoms with Crippen molar-refractivity contribution in [2.24, 2.45) is 0 Å². The quantitative estimate of drug-likeness (QED) is 0.178. The lowest BCUT2D eigenvalue weighted by molar-refractivity contribution is -0.150. The highest BCUT2D eigenvalue weighted by Gasteiger charge is 2.45. The van der Waals surface area contributed by atoms with E-state index in [4.69, 9.17) is 15.2 Å². The minimum atomic E-state index is -1.27. The molecule has 3 aliphatic heterocycles. The number of aromatic nitrogens is 4. The summed E-state index contributed by atoms with van der Waals surface area (Å²) in [6.45, 7) is -0.183. The zero-order chi connectivity index (χ0) is 23.8. The summed E-state index contributed by atoms with van der Waals surface area (Å²) in [5.74, 6) is 0.704. The standard InChI is InChI=1S/C20H27N7O6S/c21-17-14-18(23-7-22-17)27(8-24-14)19-16(30)15(29)10(33-19)5-32-12(28)4-2-1-3-11-13-9(6-34-11)25-20(31)26-13/h7-11,13,15-16,19,29-30H,1-6H2,(H2,21,22,23)(H2,25,26,31)/t9-,10+,11-,13-,15+,16?,19+/m0/s1. The largest absolute Gasteiger partial charge is 0.463 e. The molecule has 7 atom stereocenters. The second-order valence-corrected chi connectivity index (χ2v) is 9.95. The minimum absolute atomic E-state index is 0.105. The number of imidazole rings is 1. The maximum Gasteiger partial charge on any atom is 0.315 e. The third kappa shape index (κ3) is 4.37. The Hall–Kier alpha value is -2.68. The molecule has 5 heterocycles. The van der Waals surface area contributed by atoms with Crippen LogP contribution in [0.4, 0.5) is 10.6 Å². The SMILES string of the molecule is Nc1ncnc2c1ncn2[C@@H]1O[C@H](COC(=O)CCCC[C@@H]2SC[C@@H]3NC(=O)N[C@@H]32)[C@@H](O)C1O. The highest BCUT2D eigenvalue weighted by Crippen LogP contribution is 2.34. The van der Waals surface area contributed by atoms with Gasteiger partial charge in [-0.2, -0.15) is 11.8 Å². The van der Waals surface area contributed by atoms with E-state index in [0.29, 0.717) is 22.8 Å². The van der Waals surface area contributed by atoms with Crippen LogP contribution >= 0.6 is 11.8 Å². The molecule has 0 radical (unpaired) electrons. The third-order valence-corrected chi connectivity index (χ3v) is 7.97. The highest BCUT2D eigenvalue weighted by molar-refractivity contribution is 8.00. The van der Waals surface area contributed by atoms with Crippen LogP contribution in [0.3, 0.4) is 0 Å². The van der Waals surface area contributed by atoms with Crippen LogP contribution in [0.5, 0.6) is 0 Å². The summed E-state index contributed by atoms with van der Waals surface area (Å²) in [6.07, 6.45) is 0.957. The minimum Gasteiger partial charge on any atom is -0.463 e. The van der Waals surface area contributed by atoms with Crippen LogP contribution < -0.4 is 16.4 Å². The number of anilines is 1. The molecular formula is C20H27N7O6S. The molecule has 3 aliphatic rings. The van der Waals surface area contributed by atoms with Crippen LogP contribution in [-0.2, 0) is 14.3 Å². The number of aliphatic hydroxyl groups is 2. The van der Waals surface area contributed by atoms with Gasteiger partial charge < -0.3 is 36.1 Å². The Balaban J connectivity index is 1.07. The van der Waals surface area contributed by atoms with E-state index in [0.717, 1.165) is 18.6 Å². The lowest BCUT2D eigenvalue weighted by atomic mass is 10.0. The van der Waals surface area contributed by atoms with Gasteiger partial charge in [0.05, 0.1) is 18.4 Å². The van der Waals surface area contributed by atoms with Gasteiger partial charge in [-0.1, -0.05) is 6.42 Å². The van der Waals surface area contributed by atoms with Crippen molar-refractivity contribution < 1.29 is 29.3 Å². The molecular weight excluding hydrogens is 466 g/mol. The number of nitrogens with zero attached hydrogens (tertiary/aromatic N) is 4. The number of thioether (sulfide) groups is 1. The van der Waals surface area contributed by atoms with Crippen molar-refractivity contribution >= 4 is 40.7 Å². The summed E-state index contributed by atoms with van der Waals surface area (Å²) in [5.41, 5.74) is 6.52. The van der Waals surface area contributed by atoms with E-state index in [9.17, 15) is 19.8 Å². The Morgan fingerprint density at radius 2 is 2.12 bits per heavy atom. The number of aliphatic hydroxyl groups excluding tert-OH is 2. The second-order valence-electron chi connectivity index (χ2n) is 8.68. The molecule has 3 saturated heterocycles. The molecule has 0 spiro atoms. The second kappa shape index (κ2) is 9.52. The zero-order valence-electron chi connectivity index (χ0n) is 18.2. The fourth-order valence-corrected chi connectivity index (χ4v) is 6.20. The van der Waals surface area contributed by atoms with E-state index in [1.807, 2.05) is 11.8 Å². The number of rotatable bonds is 8. The molecule has 5 rings (SSSR count). The number of fused-ring (bicyclic) bond motifs is 2. The first-order valence-corrected chi connectivity index (χ1v) is 12.3. The molecule has 2 aromatic heterocycles. The molecule has 14 heteroatoms. The molecule has 1 unspecified atom stereocenters. The average molecular weight is 494 g/mol. The first-order chi connectivity index (χ1) is 16.4. The van der Waals surface area contributed by atoms with Crippen LogP contribution in [0, 0.1) is 0 Å². The van der Waals surface area contributed by atoms with Crippen molar-refractivity contribution in [3.8, 4) is 0 Å². The van der Waals surface area contributed by atoms with E-state index < -0.39 is 30.5 Å². The molecule has 2 amide bonds. The Kier molecular flexibility index (Phi) is 6.46. The van der Waals surface area contributed by atoms with Crippen LogP contribution in [0.2, 0.25) is 0 Å². The van der Waals surface area contributed by atoms with Crippen LogP contribution in [-0.4, -0.2) is 89.7 Å². The average Bonchev–Trinajstić information content (AvgIpc) is 3.56. The monoisotopic (exact) mass is 493 g/mol. The predicted molar refractivity (Wildman–Crippen MR) is 121 cm³/mol. The van der Waals surface area contributed by atoms with Crippen LogP contribution in [0.25, 0.3) is 11.2 Å². The molecule has 34 heavy (non-hydrogen) atoms. The molecule has 0 bridgehead atoms. The summed E-state index contributed by atoms with van der Waals surface area (Å²) in [7, 11) is 0. The van der Waals surface area contributed by atoms with Crippen molar-refractivity contribution in [2.45, 2.75) is 67.6 Å². The normalized spacial score (nSPS) is 32.5. The van der Waals surface area contributed by atoms with Crippen molar-refractivity contribution in [3.63, 3.8) is 0 Å². The van der Waals surface area contributed by atoms with Gasteiger partial charge in [0.1, 0.15) is 36.8 Å². The van der Waals surface area contributed by atoms with Gasteiger partial charge in [0, 0.05) is 17.4 Å². The van der Waals surface area contributed by atoms with Crippen molar-refractivity contribution in [2.75, 3.05) is 18.1 Å². The number of unbranched alkanes of at least 4 members (excludes halogenated alkanes) is 1. The van der Waals surface area contributed by atoms with Gasteiger partial charge >= 0.3 is 12.0 Å². The van der Waals surface area contributed by atoms with E-state index >= 15 is 0 Å².